The molecule has 0 aromatic rings. The molecule has 5 heteroatoms. The summed E-state index contributed by atoms with van der Waals surface area (Å²) in [6, 6.07) is -0.786. The fourth-order valence-electron chi connectivity index (χ4n) is 0.167. The third-order valence-corrected chi connectivity index (χ3v) is 0.423. The maximum absolute atomic E-state index is 9.78. The molecular formula is C3H6N3O2. The molecule has 3 amide bonds. The third-order valence-electron chi connectivity index (χ3n) is 0.423. The van der Waals surface area contributed by atoms with Crippen LogP contribution >= 0.6 is 0 Å². The van der Waals surface area contributed by atoms with E-state index in [4.69, 9.17) is 5.73 Å². The van der Waals surface area contributed by atoms with Crippen LogP contribution in [0, 0.1) is 0 Å². The number of carbonyl (C=O) groups excluding carboxylic acids is 2. The van der Waals surface area contributed by atoms with Crippen LogP contribution in [-0.4, -0.2) is 18.5 Å². The number of primary amides is 1. The van der Waals surface area contributed by atoms with Crippen LogP contribution in [0.5, 0.6) is 0 Å². The van der Waals surface area contributed by atoms with E-state index >= 15 is 0 Å². The molecule has 45 valence electrons. The number of rotatable bonds is 2. The summed E-state index contributed by atoms with van der Waals surface area (Å²) in [6.07, 6.45) is 0. The molecule has 0 heterocycles. The second-order valence-electron chi connectivity index (χ2n) is 1.14. The van der Waals surface area contributed by atoms with Crippen molar-refractivity contribution in [2.24, 2.45) is 5.73 Å². The van der Waals surface area contributed by atoms with Crippen LogP contribution in [0.15, 0.2) is 0 Å². The van der Waals surface area contributed by atoms with E-state index in [1.54, 1.807) is 0 Å². The van der Waals surface area contributed by atoms with Crippen molar-refractivity contribution in [1.29, 1.82) is 0 Å². The summed E-state index contributed by atoms with van der Waals surface area (Å²) in [7, 11) is 0. The van der Waals surface area contributed by atoms with Gasteiger partial charge in [0.25, 0.3) is 5.91 Å². The van der Waals surface area contributed by atoms with Gasteiger partial charge in [-0.15, -0.1) is 0 Å². The van der Waals surface area contributed by atoms with E-state index in [0.29, 0.717) is 0 Å². The molecule has 0 aromatic carbocycles. The van der Waals surface area contributed by atoms with Crippen LogP contribution in [0.1, 0.15) is 0 Å². The molecule has 5 nitrogen and oxygen atoms in total. The van der Waals surface area contributed by atoms with E-state index in [0.717, 1.165) is 0 Å². The summed E-state index contributed by atoms with van der Waals surface area (Å²) in [5, 5.41) is 1.95. The lowest BCUT2D eigenvalue weighted by atomic mass is 10.6. The molecule has 1 radical (unpaired) electrons. The van der Waals surface area contributed by atoms with E-state index < -0.39 is 11.9 Å². The molecule has 8 heavy (non-hydrogen) atoms. The normalized spacial score (nSPS) is 8.00. The van der Waals surface area contributed by atoms with Crippen molar-refractivity contribution < 1.29 is 9.59 Å². The third kappa shape index (κ3) is 4.74. The Morgan fingerprint density at radius 3 is 2.25 bits per heavy atom. The molecule has 0 bridgehead atoms. The minimum Gasteiger partial charge on any atom is -0.352 e. The Labute approximate surface area is 46.0 Å². The van der Waals surface area contributed by atoms with Crippen molar-refractivity contribution in [3.63, 3.8) is 0 Å². The van der Waals surface area contributed by atoms with Crippen LogP contribution in [0.4, 0.5) is 4.79 Å². The molecule has 0 spiro atoms. The highest BCUT2D eigenvalue weighted by atomic mass is 16.2. The Morgan fingerprint density at radius 2 is 2.12 bits per heavy atom. The van der Waals surface area contributed by atoms with Gasteiger partial charge in [0.05, 0.1) is 0 Å². The minimum atomic E-state index is -0.858. The highest BCUT2D eigenvalue weighted by molar-refractivity contribution is 5.81. The van der Waals surface area contributed by atoms with E-state index in [1.807, 2.05) is 5.32 Å². The van der Waals surface area contributed by atoms with Gasteiger partial charge in [-0.1, -0.05) is 0 Å². The quantitative estimate of drug-likeness (QED) is 0.457. The summed E-state index contributed by atoms with van der Waals surface area (Å²) in [4.78, 5) is 19.5. The summed E-state index contributed by atoms with van der Waals surface area (Å²) in [6.45, 7) is -0.310. The highest BCUT2D eigenvalue weighted by Crippen LogP contribution is 1.56. The van der Waals surface area contributed by atoms with Gasteiger partial charge in [0.2, 0.25) is 0 Å². The molecule has 0 aliphatic carbocycles. The monoisotopic (exact) mass is 116 g/mol. The molecule has 0 rings (SSSR count). The number of hydrogen-bond acceptors (Lipinski definition) is 2. The Hall–Kier alpha value is -1.26. The van der Waals surface area contributed by atoms with Gasteiger partial charge in [0.15, 0.2) is 0 Å². The Kier molecular flexibility index (Phi) is 2.39. The second-order valence-corrected chi connectivity index (χ2v) is 1.14. The summed E-state index contributed by atoms with van der Waals surface area (Å²) >= 11 is 0. The topological polar surface area (TPSA) is 96.0 Å². The molecular weight excluding hydrogens is 110 g/mol. The van der Waals surface area contributed by atoms with E-state index in [-0.39, 0.29) is 6.54 Å². The second kappa shape index (κ2) is 2.84. The van der Waals surface area contributed by atoms with Gasteiger partial charge in [-0.05, 0) is 0 Å². The van der Waals surface area contributed by atoms with Crippen LogP contribution in [0.25, 0.3) is 0 Å². The van der Waals surface area contributed by atoms with Crippen LogP contribution in [0.3, 0.4) is 0 Å². The maximum Gasteiger partial charge on any atom is 0.312 e. The average molecular weight is 116 g/mol. The number of urea groups is 1. The van der Waals surface area contributed by atoms with E-state index in [1.165, 1.54) is 0 Å². The fourth-order valence-corrected chi connectivity index (χ4v) is 0.167. The Bertz CT molecular complexity index is 97.1. The zero-order valence-electron chi connectivity index (χ0n) is 4.10. The highest BCUT2D eigenvalue weighted by Gasteiger charge is 1.94. The maximum atomic E-state index is 9.78. The van der Waals surface area contributed by atoms with Crippen molar-refractivity contribution in [3.05, 3.63) is 0 Å². The Balaban J connectivity index is 3.18. The molecule has 0 saturated carbocycles. The molecule has 0 atom stereocenters. The van der Waals surface area contributed by atoms with Gasteiger partial charge in [-0.3, -0.25) is 10.5 Å². The van der Waals surface area contributed by atoms with Crippen molar-refractivity contribution in [2.45, 2.75) is 0 Å². The average Bonchev–Trinajstić information content (AvgIpc) is 1.61. The lowest BCUT2D eigenvalue weighted by molar-refractivity contribution is -0.117. The zero-order valence-corrected chi connectivity index (χ0v) is 4.10. The summed E-state index contributed by atoms with van der Waals surface area (Å²) < 4.78 is 0. The number of amides is 3. The van der Waals surface area contributed by atoms with Gasteiger partial charge in [0, 0.05) is 0 Å². The number of carbonyl (C=O) groups is 2. The van der Waals surface area contributed by atoms with Gasteiger partial charge in [-0.25, -0.2) is 4.79 Å². The molecule has 0 aromatic heterocycles. The zero-order chi connectivity index (χ0) is 6.57. The number of hydrogen-bond donors (Lipinski definition) is 2. The number of nitrogens with one attached hydrogen (secondary N) is 2. The standard InChI is InChI=1S/C3H6N3O2/c4-2(7)1-6-3(5)8/h4H,1H2,(H3,5,6,8). The lowest BCUT2D eigenvalue weighted by Crippen LogP contribution is -2.34. The van der Waals surface area contributed by atoms with Gasteiger partial charge >= 0.3 is 6.03 Å². The van der Waals surface area contributed by atoms with Gasteiger partial charge < -0.3 is 11.1 Å². The summed E-state index contributed by atoms with van der Waals surface area (Å²) in [5.41, 5.74) is 10.8. The molecule has 0 unspecified atom stereocenters. The summed E-state index contributed by atoms with van der Waals surface area (Å²) in [5.74, 6) is -0.858. The Morgan fingerprint density at radius 1 is 1.62 bits per heavy atom. The predicted octanol–water partition coefficient (Wildman–Crippen LogP) is -1.54. The fraction of sp³-hybridized carbons (Fsp3) is 0.333. The van der Waals surface area contributed by atoms with Crippen LogP contribution in [0.2, 0.25) is 0 Å². The molecule has 0 aliphatic heterocycles. The minimum absolute atomic E-state index is 0.310. The SMILES string of the molecule is [NH]C(=O)CNC(N)=O. The van der Waals surface area contributed by atoms with Crippen molar-refractivity contribution in [3.8, 4) is 0 Å². The van der Waals surface area contributed by atoms with Crippen molar-refractivity contribution in [2.75, 3.05) is 6.54 Å². The molecule has 0 fully saturated rings. The van der Waals surface area contributed by atoms with Gasteiger partial charge in [-0.2, -0.15) is 0 Å². The van der Waals surface area contributed by atoms with Crippen molar-refractivity contribution in [1.82, 2.24) is 11.1 Å². The lowest BCUT2D eigenvalue weighted by Gasteiger charge is -1.92. The largest absolute Gasteiger partial charge is 0.352 e. The number of nitrogens with two attached hydrogens (primary N) is 1. The first kappa shape index (κ1) is 6.74. The first-order valence-electron chi connectivity index (χ1n) is 1.90. The van der Waals surface area contributed by atoms with Gasteiger partial charge in [0.1, 0.15) is 6.54 Å². The van der Waals surface area contributed by atoms with Crippen LogP contribution < -0.4 is 16.8 Å². The van der Waals surface area contributed by atoms with Crippen molar-refractivity contribution >= 4 is 11.9 Å². The first-order chi connectivity index (χ1) is 3.63. The molecule has 0 aliphatic rings. The predicted molar refractivity (Wildman–Crippen MR) is 25.7 cm³/mol. The smallest absolute Gasteiger partial charge is 0.312 e. The van der Waals surface area contributed by atoms with E-state index in [2.05, 4.69) is 5.73 Å². The van der Waals surface area contributed by atoms with E-state index in [9.17, 15) is 9.59 Å². The molecule has 0 saturated heterocycles. The van der Waals surface area contributed by atoms with Crippen LogP contribution in [-0.2, 0) is 4.79 Å². The first-order valence-corrected chi connectivity index (χ1v) is 1.90. The molecule has 4 N–H and O–H groups in total.